The van der Waals surface area contributed by atoms with Gasteiger partial charge in [-0.15, -0.1) is 0 Å². The zero-order valence-corrected chi connectivity index (χ0v) is 16.9. The first-order chi connectivity index (χ1) is 12.7. The van der Waals surface area contributed by atoms with Crippen molar-refractivity contribution in [1.82, 2.24) is 14.9 Å². The van der Waals surface area contributed by atoms with Gasteiger partial charge in [0.1, 0.15) is 12.2 Å². The van der Waals surface area contributed by atoms with Crippen molar-refractivity contribution < 1.29 is 29.3 Å². The zero-order valence-electron chi connectivity index (χ0n) is 14.7. The molecule has 2 heterocycles. The molecule has 1 aromatic rings. The van der Waals surface area contributed by atoms with Crippen LogP contribution in [0.1, 0.15) is 26.5 Å². The summed E-state index contributed by atoms with van der Waals surface area (Å²) in [5.74, 6) is -0.165. The average molecular weight is 496 g/mol. The summed E-state index contributed by atoms with van der Waals surface area (Å²) in [7, 11) is 0. The number of carbonyl (C=O) groups excluding carboxylic acids is 2. The van der Waals surface area contributed by atoms with Crippen molar-refractivity contribution in [2.45, 2.75) is 44.8 Å². The van der Waals surface area contributed by atoms with Gasteiger partial charge in [0.25, 0.3) is 0 Å². The number of hydrogen-bond acceptors (Lipinski definition) is 8. The molecule has 0 bridgehead atoms. The summed E-state index contributed by atoms with van der Waals surface area (Å²) in [5.41, 5.74) is -0.762. The number of nitrogens with one attached hydrogen (secondary N) is 2. The summed E-state index contributed by atoms with van der Waals surface area (Å²) < 4.78 is 11.8. The smallest absolute Gasteiger partial charge is 0.412 e. The largest absolute Gasteiger partial charge is 0.449 e. The van der Waals surface area contributed by atoms with E-state index in [-0.39, 0.29) is 18.3 Å². The van der Waals surface area contributed by atoms with Crippen molar-refractivity contribution in [3.63, 3.8) is 0 Å². The molecule has 0 saturated carbocycles. The molecule has 2 amide bonds. The molecule has 1 fully saturated rings. The fourth-order valence-corrected chi connectivity index (χ4v) is 2.96. The van der Waals surface area contributed by atoms with Gasteiger partial charge in [0.15, 0.2) is 12.0 Å². The standard InChI is InChI=1S/C15H21IN4O7/c1-7-10(22)11(23)13(27-7)20-6-9(16)12(18-14(20)24)19-15(25)26-5-3-4-17-8(2)21/h6-7,10-11,13,22-23H,3-5H2,1-2H3,(H,17,21)(H,18,19,24,25)/t7-,10?,11?,13-/m1/s1. The molecule has 0 aromatic carbocycles. The van der Waals surface area contributed by atoms with Gasteiger partial charge in [0, 0.05) is 19.7 Å². The Morgan fingerprint density at radius 2 is 2.11 bits per heavy atom. The Morgan fingerprint density at radius 3 is 2.70 bits per heavy atom. The number of halogens is 1. The lowest BCUT2D eigenvalue weighted by Gasteiger charge is -2.18. The van der Waals surface area contributed by atoms with Crippen molar-refractivity contribution >= 4 is 40.4 Å². The minimum absolute atomic E-state index is 0.00444. The van der Waals surface area contributed by atoms with Crippen molar-refractivity contribution in [3.8, 4) is 0 Å². The topological polar surface area (TPSA) is 152 Å². The summed E-state index contributed by atoms with van der Waals surface area (Å²) in [6.07, 6.45) is -3.09. The second-order valence-electron chi connectivity index (χ2n) is 5.94. The summed E-state index contributed by atoms with van der Waals surface area (Å²) in [6.45, 7) is 3.43. The number of aliphatic hydroxyl groups is 2. The van der Waals surface area contributed by atoms with Crippen LogP contribution in [0.3, 0.4) is 0 Å². The summed E-state index contributed by atoms with van der Waals surface area (Å²) in [5, 5.41) is 24.7. The molecule has 1 aliphatic rings. The highest BCUT2D eigenvalue weighted by Crippen LogP contribution is 2.28. The van der Waals surface area contributed by atoms with Gasteiger partial charge in [-0.2, -0.15) is 4.98 Å². The lowest BCUT2D eigenvalue weighted by Crippen LogP contribution is -2.36. The number of amides is 2. The Morgan fingerprint density at radius 1 is 1.41 bits per heavy atom. The molecule has 11 nitrogen and oxygen atoms in total. The van der Waals surface area contributed by atoms with Gasteiger partial charge in [-0.1, -0.05) is 0 Å². The van der Waals surface area contributed by atoms with Crippen LogP contribution >= 0.6 is 22.6 Å². The van der Waals surface area contributed by atoms with Gasteiger partial charge < -0.3 is 25.0 Å². The first-order valence-corrected chi connectivity index (χ1v) is 9.27. The van der Waals surface area contributed by atoms with Crippen LogP contribution in [0.15, 0.2) is 11.0 Å². The van der Waals surface area contributed by atoms with Crippen LogP contribution in [-0.2, 0) is 14.3 Å². The van der Waals surface area contributed by atoms with E-state index in [0.29, 0.717) is 16.5 Å². The molecule has 2 unspecified atom stereocenters. The van der Waals surface area contributed by atoms with E-state index in [1.165, 1.54) is 13.1 Å². The maximum atomic E-state index is 12.2. The van der Waals surface area contributed by atoms with E-state index in [4.69, 9.17) is 9.47 Å². The molecule has 0 aliphatic carbocycles. The van der Waals surface area contributed by atoms with Crippen LogP contribution in [0, 0.1) is 3.57 Å². The molecule has 1 aromatic heterocycles. The SMILES string of the molecule is CC(=O)NCCCOC(=O)Nc1nc(=O)n([C@@H]2O[C@H](C)C(O)C2O)cc1I. The van der Waals surface area contributed by atoms with Gasteiger partial charge in [0.2, 0.25) is 5.91 Å². The fraction of sp³-hybridized carbons (Fsp3) is 0.600. The highest BCUT2D eigenvalue weighted by Gasteiger charge is 2.42. The van der Waals surface area contributed by atoms with Crippen LogP contribution in [0.4, 0.5) is 10.6 Å². The van der Waals surface area contributed by atoms with Crippen LogP contribution in [-0.4, -0.2) is 63.2 Å². The first kappa shape index (κ1) is 21.5. The fourth-order valence-electron chi connectivity index (χ4n) is 2.41. The van der Waals surface area contributed by atoms with Gasteiger partial charge >= 0.3 is 11.8 Å². The predicted octanol–water partition coefficient (Wildman–Crippen LogP) is -0.438. The van der Waals surface area contributed by atoms with E-state index in [1.54, 1.807) is 6.92 Å². The molecule has 0 spiro atoms. The Hall–Kier alpha value is -1.77. The highest BCUT2D eigenvalue weighted by atomic mass is 127. The molecule has 1 saturated heterocycles. The second-order valence-corrected chi connectivity index (χ2v) is 7.10. The first-order valence-electron chi connectivity index (χ1n) is 8.19. The molecule has 2 rings (SSSR count). The minimum Gasteiger partial charge on any atom is -0.449 e. The number of nitrogens with zero attached hydrogens (tertiary/aromatic N) is 2. The van der Waals surface area contributed by atoms with Gasteiger partial charge in [-0.05, 0) is 35.9 Å². The van der Waals surface area contributed by atoms with E-state index in [0.717, 1.165) is 4.57 Å². The number of anilines is 1. The van der Waals surface area contributed by atoms with E-state index in [1.807, 2.05) is 22.6 Å². The third-order valence-corrected chi connectivity index (χ3v) is 4.60. The van der Waals surface area contributed by atoms with Gasteiger partial charge in [-0.3, -0.25) is 14.7 Å². The van der Waals surface area contributed by atoms with Crippen LogP contribution < -0.4 is 16.3 Å². The molecule has 150 valence electrons. The quantitative estimate of drug-likeness (QED) is 0.306. The van der Waals surface area contributed by atoms with E-state index in [2.05, 4.69) is 15.6 Å². The van der Waals surface area contributed by atoms with Crippen molar-refractivity contribution in [3.05, 3.63) is 20.3 Å². The normalized spacial score (nSPS) is 24.5. The molecule has 4 N–H and O–H groups in total. The summed E-state index contributed by atoms with van der Waals surface area (Å²) >= 11 is 1.86. The van der Waals surface area contributed by atoms with E-state index in [9.17, 15) is 24.6 Å². The second kappa shape index (κ2) is 9.43. The van der Waals surface area contributed by atoms with Crippen molar-refractivity contribution in [2.24, 2.45) is 0 Å². The Labute approximate surface area is 168 Å². The molecule has 12 heteroatoms. The third-order valence-electron chi connectivity index (χ3n) is 3.81. The lowest BCUT2D eigenvalue weighted by atomic mass is 10.1. The van der Waals surface area contributed by atoms with E-state index < -0.39 is 36.3 Å². The Bertz CT molecular complexity index is 756. The Balaban J connectivity index is 1.97. The number of ether oxygens (including phenoxy) is 2. The summed E-state index contributed by atoms with van der Waals surface area (Å²) in [6, 6.07) is 0. The molecular weight excluding hydrogens is 475 g/mol. The third kappa shape index (κ3) is 5.60. The molecule has 4 atom stereocenters. The molecular formula is C15H21IN4O7. The van der Waals surface area contributed by atoms with Crippen LogP contribution in [0.25, 0.3) is 0 Å². The number of carbonyl (C=O) groups is 2. The monoisotopic (exact) mass is 496 g/mol. The maximum absolute atomic E-state index is 12.2. The number of aromatic nitrogens is 2. The molecule has 27 heavy (non-hydrogen) atoms. The number of rotatable bonds is 6. The minimum atomic E-state index is -1.28. The van der Waals surface area contributed by atoms with Crippen LogP contribution in [0.2, 0.25) is 0 Å². The maximum Gasteiger partial charge on any atom is 0.412 e. The number of aliphatic hydroxyl groups excluding tert-OH is 2. The predicted molar refractivity (Wildman–Crippen MR) is 101 cm³/mol. The molecule has 0 radical (unpaired) electrons. The van der Waals surface area contributed by atoms with Gasteiger partial charge in [0.05, 0.1) is 16.3 Å². The molecule has 1 aliphatic heterocycles. The lowest BCUT2D eigenvalue weighted by molar-refractivity contribution is -0.118. The number of hydrogen-bond donors (Lipinski definition) is 4. The highest BCUT2D eigenvalue weighted by molar-refractivity contribution is 14.1. The zero-order chi connectivity index (χ0) is 20.1. The van der Waals surface area contributed by atoms with E-state index >= 15 is 0 Å². The Kier molecular flexibility index (Phi) is 7.52. The average Bonchev–Trinajstić information content (AvgIpc) is 2.84. The van der Waals surface area contributed by atoms with Crippen LogP contribution in [0.5, 0.6) is 0 Å². The van der Waals surface area contributed by atoms with Crippen molar-refractivity contribution in [1.29, 1.82) is 0 Å². The van der Waals surface area contributed by atoms with Crippen molar-refractivity contribution in [2.75, 3.05) is 18.5 Å². The van der Waals surface area contributed by atoms with Gasteiger partial charge in [-0.25, -0.2) is 9.59 Å². The summed E-state index contributed by atoms with van der Waals surface area (Å²) in [4.78, 5) is 38.5.